The maximum atomic E-state index is 13.1. The van der Waals surface area contributed by atoms with E-state index in [1.165, 1.54) is 12.1 Å². The second-order valence-electron chi connectivity index (χ2n) is 4.06. The first-order chi connectivity index (χ1) is 8.58. The first kappa shape index (κ1) is 12.5. The Kier molecular flexibility index (Phi) is 3.57. The van der Waals surface area contributed by atoms with Gasteiger partial charge in [-0.1, -0.05) is 10.3 Å². The van der Waals surface area contributed by atoms with Crippen LogP contribution in [0.3, 0.4) is 0 Å². The summed E-state index contributed by atoms with van der Waals surface area (Å²) in [5.74, 6) is 0.197. The van der Waals surface area contributed by atoms with Gasteiger partial charge in [-0.05, 0) is 32.0 Å². The minimum Gasteiger partial charge on any atom is -0.487 e. The Morgan fingerprint density at radius 2 is 2.22 bits per heavy atom. The predicted molar refractivity (Wildman–Crippen MR) is 62.4 cm³/mol. The molecule has 1 aromatic heterocycles. The molecule has 1 heterocycles. The normalized spacial score (nSPS) is 12.4. The van der Waals surface area contributed by atoms with Gasteiger partial charge >= 0.3 is 0 Å². The summed E-state index contributed by atoms with van der Waals surface area (Å²) in [6, 6.07) is 3.94. The zero-order valence-corrected chi connectivity index (χ0v) is 10.2. The van der Waals surface area contributed by atoms with Crippen LogP contribution >= 0.6 is 0 Å². The van der Waals surface area contributed by atoms with E-state index in [4.69, 9.17) is 10.5 Å². The standard InChI is InChI=1S/C12H14FN3O2/c1-7(14)10-5-9(13)3-4-12(10)17-6-11-8(2)15-18-16-11/h3-5,7H,6,14H2,1-2H3. The van der Waals surface area contributed by atoms with Crippen LogP contribution in [0.25, 0.3) is 0 Å². The number of rotatable bonds is 4. The summed E-state index contributed by atoms with van der Waals surface area (Å²) in [6.45, 7) is 3.75. The van der Waals surface area contributed by atoms with Crippen molar-refractivity contribution in [2.75, 3.05) is 0 Å². The summed E-state index contributed by atoms with van der Waals surface area (Å²) in [4.78, 5) is 0. The van der Waals surface area contributed by atoms with Crippen LogP contribution < -0.4 is 10.5 Å². The van der Waals surface area contributed by atoms with E-state index in [2.05, 4.69) is 14.9 Å². The van der Waals surface area contributed by atoms with E-state index in [1.54, 1.807) is 19.9 Å². The van der Waals surface area contributed by atoms with Gasteiger partial charge < -0.3 is 10.5 Å². The zero-order valence-electron chi connectivity index (χ0n) is 10.2. The molecule has 0 saturated carbocycles. The number of hydrogen-bond donors (Lipinski definition) is 1. The average Bonchev–Trinajstić information content (AvgIpc) is 2.73. The molecular formula is C12H14FN3O2. The van der Waals surface area contributed by atoms with Crippen molar-refractivity contribution < 1.29 is 13.8 Å². The molecular weight excluding hydrogens is 237 g/mol. The summed E-state index contributed by atoms with van der Waals surface area (Å²) < 4.78 is 23.3. The maximum Gasteiger partial charge on any atom is 0.145 e. The molecule has 2 aromatic rings. The quantitative estimate of drug-likeness (QED) is 0.900. The fourth-order valence-electron chi connectivity index (χ4n) is 1.53. The van der Waals surface area contributed by atoms with Crippen molar-refractivity contribution in [1.82, 2.24) is 10.3 Å². The van der Waals surface area contributed by atoms with Gasteiger partial charge in [-0.25, -0.2) is 9.02 Å². The third-order valence-electron chi connectivity index (χ3n) is 2.57. The van der Waals surface area contributed by atoms with Crippen LogP contribution in [-0.2, 0) is 6.61 Å². The van der Waals surface area contributed by atoms with E-state index in [9.17, 15) is 4.39 Å². The molecule has 0 aliphatic carbocycles. The minimum atomic E-state index is -0.339. The molecule has 0 saturated heterocycles. The van der Waals surface area contributed by atoms with Gasteiger partial charge in [0.2, 0.25) is 0 Å². The molecule has 0 fully saturated rings. The molecule has 0 amide bonds. The molecule has 2 N–H and O–H groups in total. The second-order valence-corrected chi connectivity index (χ2v) is 4.06. The van der Waals surface area contributed by atoms with E-state index >= 15 is 0 Å². The lowest BCUT2D eigenvalue weighted by Gasteiger charge is -2.13. The third-order valence-corrected chi connectivity index (χ3v) is 2.57. The molecule has 18 heavy (non-hydrogen) atoms. The molecule has 0 bridgehead atoms. The molecule has 0 radical (unpaired) electrons. The molecule has 1 aromatic carbocycles. The lowest BCUT2D eigenvalue weighted by molar-refractivity contribution is 0.267. The van der Waals surface area contributed by atoms with Gasteiger partial charge in [0, 0.05) is 11.6 Å². The Morgan fingerprint density at radius 3 is 2.83 bits per heavy atom. The van der Waals surface area contributed by atoms with Crippen LogP contribution in [0.5, 0.6) is 5.75 Å². The zero-order chi connectivity index (χ0) is 13.1. The number of aryl methyl sites for hydroxylation is 1. The van der Waals surface area contributed by atoms with Crippen molar-refractivity contribution >= 4 is 0 Å². The molecule has 5 nitrogen and oxygen atoms in total. The molecule has 0 spiro atoms. The monoisotopic (exact) mass is 251 g/mol. The number of ether oxygens (including phenoxy) is 1. The minimum absolute atomic E-state index is 0.209. The van der Waals surface area contributed by atoms with Crippen molar-refractivity contribution in [3.05, 3.63) is 41.0 Å². The Balaban J connectivity index is 2.16. The molecule has 0 aliphatic rings. The Hall–Kier alpha value is -1.95. The lowest BCUT2D eigenvalue weighted by Crippen LogP contribution is -2.09. The summed E-state index contributed by atoms with van der Waals surface area (Å²) in [7, 11) is 0. The highest BCUT2D eigenvalue weighted by Crippen LogP contribution is 2.25. The van der Waals surface area contributed by atoms with E-state index in [0.717, 1.165) is 0 Å². The van der Waals surface area contributed by atoms with E-state index in [-0.39, 0.29) is 18.5 Å². The maximum absolute atomic E-state index is 13.1. The van der Waals surface area contributed by atoms with Crippen molar-refractivity contribution in [3.8, 4) is 5.75 Å². The Labute approximate surface area is 104 Å². The van der Waals surface area contributed by atoms with E-state index in [1.807, 2.05) is 0 Å². The van der Waals surface area contributed by atoms with Crippen LogP contribution in [0.15, 0.2) is 22.8 Å². The molecule has 2 rings (SSSR count). The van der Waals surface area contributed by atoms with E-state index < -0.39 is 0 Å². The van der Waals surface area contributed by atoms with Crippen LogP contribution in [0, 0.1) is 12.7 Å². The van der Waals surface area contributed by atoms with Gasteiger partial charge in [-0.3, -0.25) is 0 Å². The van der Waals surface area contributed by atoms with Gasteiger partial charge in [0.25, 0.3) is 0 Å². The highest BCUT2D eigenvalue weighted by atomic mass is 19.1. The molecule has 1 atom stereocenters. The first-order valence-corrected chi connectivity index (χ1v) is 5.54. The predicted octanol–water partition coefficient (Wildman–Crippen LogP) is 2.12. The lowest BCUT2D eigenvalue weighted by atomic mass is 10.1. The summed E-state index contributed by atoms with van der Waals surface area (Å²) in [6.07, 6.45) is 0. The van der Waals surface area contributed by atoms with Crippen molar-refractivity contribution in [2.24, 2.45) is 5.73 Å². The smallest absolute Gasteiger partial charge is 0.145 e. The van der Waals surface area contributed by atoms with Crippen LogP contribution in [-0.4, -0.2) is 10.3 Å². The number of benzene rings is 1. The first-order valence-electron chi connectivity index (χ1n) is 5.54. The fourth-order valence-corrected chi connectivity index (χ4v) is 1.53. The largest absolute Gasteiger partial charge is 0.487 e. The number of halogens is 1. The molecule has 1 unspecified atom stereocenters. The SMILES string of the molecule is Cc1nonc1COc1ccc(F)cc1C(C)N. The van der Waals surface area contributed by atoms with Crippen LogP contribution in [0.2, 0.25) is 0 Å². The highest BCUT2D eigenvalue weighted by molar-refractivity contribution is 5.36. The van der Waals surface area contributed by atoms with Crippen molar-refractivity contribution in [2.45, 2.75) is 26.5 Å². The number of aromatic nitrogens is 2. The van der Waals surface area contributed by atoms with Gasteiger partial charge in [0.05, 0.1) is 0 Å². The van der Waals surface area contributed by atoms with Crippen LogP contribution in [0.4, 0.5) is 4.39 Å². The summed E-state index contributed by atoms with van der Waals surface area (Å²) in [5.41, 5.74) is 7.66. The van der Waals surface area contributed by atoms with Crippen molar-refractivity contribution in [3.63, 3.8) is 0 Å². The van der Waals surface area contributed by atoms with Gasteiger partial charge in [0.1, 0.15) is 29.6 Å². The van der Waals surface area contributed by atoms with E-state index in [0.29, 0.717) is 22.7 Å². The van der Waals surface area contributed by atoms with Gasteiger partial charge in [-0.2, -0.15) is 0 Å². The second kappa shape index (κ2) is 5.14. The van der Waals surface area contributed by atoms with Crippen molar-refractivity contribution in [1.29, 1.82) is 0 Å². The Bertz CT molecular complexity index is 540. The molecule has 0 aliphatic heterocycles. The number of nitrogens with two attached hydrogens (primary N) is 1. The molecule has 6 heteroatoms. The van der Waals surface area contributed by atoms with Crippen LogP contribution in [0.1, 0.15) is 29.9 Å². The average molecular weight is 251 g/mol. The Morgan fingerprint density at radius 1 is 1.44 bits per heavy atom. The third kappa shape index (κ3) is 2.65. The highest BCUT2D eigenvalue weighted by Gasteiger charge is 2.12. The van der Waals surface area contributed by atoms with Gasteiger partial charge in [0.15, 0.2) is 0 Å². The number of nitrogens with zero attached hydrogens (tertiary/aromatic N) is 2. The molecule has 96 valence electrons. The topological polar surface area (TPSA) is 74.2 Å². The van der Waals surface area contributed by atoms with Gasteiger partial charge in [-0.15, -0.1) is 0 Å². The summed E-state index contributed by atoms with van der Waals surface area (Å²) in [5, 5.41) is 7.36. The number of hydrogen-bond acceptors (Lipinski definition) is 5. The fraction of sp³-hybridized carbons (Fsp3) is 0.333. The summed E-state index contributed by atoms with van der Waals surface area (Å²) >= 11 is 0.